The Bertz CT molecular complexity index is 1230. The Morgan fingerprint density at radius 2 is 1.76 bits per heavy atom. The molecule has 1 aromatic heterocycles. The van der Waals surface area contributed by atoms with Gasteiger partial charge in [0.15, 0.2) is 11.5 Å². The molecule has 8 aliphatic carbocycles. The third-order valence-electron chi connectivity index (χ3n) is 11.2. The number of amides is 1. The van der Waals surface area contributed by atoms with Crippen LogP contribution in [0.1, 0.15) is 107 Å². The molecule has 37 heavy (non-hydrogen) atoms. The third-order valence-corrected chi connectivity index (χ3v) is 11.2. The van der Waals surface area contributed by atoms with Gasteiger partial charge in [-0.25, -0.2) is 8.78 Å². The Morgan fingerprint density at radius 3 is 2.38 bits per heavy atom. The molecule has 1 unspecified atom stereocenters. The van der Waals surface area contributed by atoms with Gasteiger partial charge in [0.05, 0.1) is 5.41 Å². The molecule has 1 amide bonds. The zero-order chi connectivity index (χ0) is 25.0. The van der Waals surface area contributed by atoms with Gasteiger partial charge < -0.3 is 9.42 Å². The second-order valence-corrected chi connectivity index (χ2v) is 13.6. The molecule has 8 fully saturated rings. The summed E-state index contributed by atoms with van der Waals surface area (Å²) >= 11 is 0. The smallest absolute Gasteiger partial charge is 0.264 e. The van der Waals surface area contributed by atoms with Crippen molar-refractivity contribution >= 4 is 11.6 Å². The summed E-state index contributed by atoms with van der Waals surface area (Å²) in [5.74, 6) is 1.68. The van der Waals surface area contributed by atoms with Gasteiger partial charge in [-0.3, -0.25) is 4.79 Å². The Morgan fingerprint density at radius 1 is 1.03 bits per heavy atom. The SMILES string of the molecule is O=C(N(CC12CCC(c3noc(C4(F)CC4)n3)(CC1)CC2)c1cccc(C2CC2)c1)C12CC(F)C(C1)C2. The molecule has 5 nitrogen and oxygen atoms in total. The monoisotopic (exact) mass is 507 g/mol. The van der Waals surface area contributed by atoms with Gasteiger partial charge in [0.25, 0.3) is 5.89 Å². The second kappa shape index (κ2) is 7.41. The number of rotatable bonds is 7. The fraction of sp³-hybridized carbons (Fsp3) is 0.700. The first-order valence-electron chi connectivity index (χ1n) is 14.4. The van der Waals surface area contributed by atoms with Crippen molar-refractivity contribution < 1.29 is 18.1 Å². The quantitative estimate of drug-likeness (QED) is 0.420. The molecule has 8 saturated carbocycles. The highest BCUT2D eigenvalue weighted by Crippen LogP contribution is 2.62. The number of alkyl halides is 2. The topological polar surface area (TPSA) is 59.2 Å². The van der Waals surface area contributed by atoms with E-state index in [1.807, 2.05) is 0 Å². The van der Waals surface area contributed by atoms with Crippen molar-refractivity contribution in [2.24, 2.45) is 16.7 Å². The van der Waals surface area contributed by atoms with E-state index in [9.17, 15) is 13.6 Å². The number of hydrogen-bond acceptors (Lipinski definition) is 4. The normalized spacial score (nSPS) is 38.9. The molecule has 0 aliphatic heterocycles. The van der Waals surface area contributed by atoms with E-state index in [0.717, 1.165) is 44.2 Å². The van der Waals surface area contributed by atoms with Gasteiger partial charge in [0.2, 0.25) is 5.91 Å². The van der Waals surface area contributed by atoms with E-state index in [1.165, 1.54) is 18.4 Å². The van der Waals surface area contributed by atoms with Crippen molar-refractivity contribution in [1.82, 2.24) is 10.1 Å². The number of hydrogen-bond donors (Lipinski definition) is 0. The summed E-state index contributed by atoms with van der Waals surface area (Å²) in [7, 11) is 0. The molecule has 0 radical (unpaired) electrons. The van der Waals surface area contributed by atoms with Crippen LogP contribution in [0.25, 0.3) is 0 Å². The molecule has 10 rings (SSSR count). The van der Waals surface area contributed by atoms with E-state index in [-0.39, 0.29) is 28.5 Å². The molecular weight excluding hydrogens is 472 g/mol. The van der Waals surface area contributed by atoms with E-state index in [4.69, 9.17) is 4.52 Å². The van der Waals surface area contributed by atoms with Gasteiger partial charge in [-0.2, -0.15) is 4.98 Å². The summed E-state index contributed by atoms with van der Waals surface area (Å²) in [6.45, 7) is 0.699. The molecule has 0 N–H and O–H groups in total. The van der Waals surface area contributed by atoms with E-state index in [1.54, 1.807) is 0 Å². The minimum atomic E-state index is -1.40. The molecule has 2 aromatic rings. The van der Waals surface area contributed by atoms with Gasteiger partial charge in [-0.1, -0.05) is 17.3 Å². The molecule has 196 valence electrons. The number of nitrogens with zero attached hydrogens (tertiary/aromatic N) is 3. The summed E-state index contributed by atoms with van der Waals surface area (Å²) in [4.78, 5) is 20.8. The number of fused-ring (bicyclic) bond motifs is 4. The van der Waals surface area contributed by atoms with Gasteiger partial charge >= 0.3 is 0 Å². The zero-order valence-electron chi connectivity index (χ0n) is 21.4. The number of aromatic nitrogens is 2. The molecular formula is C30H35F2N3O2. The lowest BCUT2D eigenvalue weighted by molar-refractivity contribution is -0.132. The molecule has 1 aromatic carbocycles. The van der Waals surface area contributed by atoms with Crippen LogP contribution >= 0.6 is 0 Å². The van der Waals surface area contributed by atoms with Crippen LogP contribution in [0.4, 0.5) is 14.5 Å². The zero-order valence-corrected chi connectivity index (χ0v) is 21.4. The Labute approximate surface area is 216 Å². The number of anilines is 1. The number of benzene rings is 1. The summed E-state index contributed by atoms with van der Waals surface area (Å²) < 4.78 is 34.4. The van der Waals surface area contributed by atoms with E-state index < -0.39 is 17.3 Å². The van der Waals surface area contributed by atoms with Crippen molar-refractivity contribution in [1.29, 1.82) is 0 Å². The lowest BCUT2D eigenvalue weighted by Crippen LogP contribution is -2.54. The lowest BCUT2D eigenvalue weighted by atomic mass is 9.53. The first kappa shape index (κ1) is 22.7. The summed E-state index contributed by atoms with van der Waals surface area (Å²) in [5.41, 5.74) is 0.325. The first-order valence-corrected chi connectivity index (χ1v) is 14.4. The Balaban J connectivity index is 1.06. The third kappa shape index (κ3) is 3.40. The van der Waals surface area contributed by atoms with Crippen molar-refractivity contribution in [2.45, 2.75) is 107 Å². The van der Waals surface area contributed by atoms with Crippen LogP contribution in [0.5, 0.6) is 0 Å². The highest BCUT2D eigenvalue weighted by molar-refractivity contribution is 5.99. The van der Waals surface area contributed by atoms with Crippen molar-refractivity contribution in [2.75, 3.05) is 11.4 Å². The summed E-state index contributed by atoms with van der Waals surface area (Å²) in [6, 6.07) is 8.58. The predicted octanol–water partition coefficient (Wildman–Crippen LogP) is 6.67. The first-order chi connectivity index (χ1) is 17.8. The second-order valence-electron chi connectivity index (χ2n) is 13.6. The molecule has 8 aliphatic rings. The minimum Gasteiger partial charge on any atom is -0.336 e. The van der Waals surface area contributed by atoms with Crippen LogP contribution in [0.2, 0.25) is 0 Å². The fourth-order valence-electron chi connectivity index (χ4n) is 8.21. The molecule has 1 atom stereocenters. The standard InChI is InChI=1S/C30H35F2N3O2/c31-23-17-29(15-21(23)16-29)26(36)35(22-3-1-2-20(14-22)19-4-5-19)18-27-6-9-28(10-7-27,11-8-27)24-33-25(37-34-24)30(32)12-13-30/h1-3,14,19,21,23H,4-13,15-18H2. The van der Waals surface area contributed by atoms with Crippen LogP contribution in [-0.2, 0) is 15.9 Å². The van der Waals surface area contributed by atoms with Crippen LogP contribution in [0.3, 0.4) is 0 Å². The summed E-state index contributed by atoms with van der Waals surface area (Å²) in [6.07, 6.45) is 10.2. The molecule has 7 heteroatoms. The highest BCUT2D eigenvalue weighted by atomic mass is 19.1. The average molecular weight is 508 g/mol. The van der Waals surface area contributed by atoms with Gasteiger partial charge in [-0.05, 0) is 118 Å². The Hall–Kier alpha value is -2.31. The van der Waals surface area contributed by atoms with Gasteiger partial charge in [-0.15, -0.1) is 0 Å². The van der Waals surface area contributed by atoms with Crippen LogP contribution in [0, 0.1) is 16.7 Å². The van der Waals surface area contributed by atoms with E-state index in [2.05, 4.69) is 39.3 Å². The van der Waals surface area contributed by atoms with Gasteiger partial charge in [0, 0.05) is 17.6 Å². The van der Waals surface area contributed by atoms with Crippen LogP contribution < -0.4 is 4.90 Å². The van der Waals surface area contributed by atoms with Gasteiger partial charge in [0.1, 0.15) is 6.17 Å². The maximum absolute atomic E-state index is 14.5. The Kier molecular flexibility index (Phi) is 4.54. The molecule has 0 saturated heterocycles. The number of carbonyl (C=O) groups excluding carboxylic acids is 1. The number of halogens is 2. The highest BCUT2D eigenvalue weighted by Gasteiger charge is 2.62. The molecule has 1 heterocycles. The lowest BCUT2D eigenvalue weighted by Gasteiger charge is -2.54. The fourth-order valence-corrected chi connectivity index (χ4v) is 8.21. The van der Waals surface area contributed by atoms with Crippen molar-refractivity contribution in [3.8, 4) is 0 Å². The van der Waals surface area contributed by atoms with Crippen molar-refractivity contribution in [3.63, 3.8) is 0 Å². The maximum atomic E-state index is 14.5. The largest absolute Gasteiger partial charge is 0.336 e. The average Bonchev–Trinajstić information content (AvgIpc) is 3.77. The molecule has 4 bridgehead atoms. The van der Waals surface area contributed by atoms with E-state index in [0.29, 0.717) is 50.4 Å². The van der Waals surface area contributed by atoms with Crippen LogP contribution in [-0.4, -0.2) is 28.8 Å². The minimum absolute atomic E-state index is 0.0465. The van der Waals surface area contributed by atoms with E-state index >= 15 is 0 Å². The van der Waals surface area contributed by atoms with Crippen molar-refractivity contribution in [3.05, 3.63) is 41.5 Å². The van der Waals surface area contributed by atoms with Crippen LogP contribution in [0.15, 0.2) is 28.8 Å². The predicted molar refractivity (Wildman–Crippen MR) is 134 cm³/mol. The molecule has 0 spiro atoms. The summed E-state index contributed by atoms with van der Waals surface area (Å²) in [5, 5.41) is 4.25. The maximum Gasteiger partial charge on any atom is 0.264 e. The number of carbonyl (C=O) groups is 1.